The molecule has 220 valence electrons. The summed E-state index contributed by atoms with van der Waals surface area (Å²) in [6.07, 6.45) is 0.0844. The molecule has 0 radical (unpaired) electrons. The van der Waals surface area contributed by atoms with Crippen molar-refractivity contribution in [3.63, 3.8) is 0 Å². The van der Waals surface area contributed by atoms with E-state index in [9.17, 15) is 44.1 Å². The minimum atomic E-state index is -2.80. The van der Waals surface area contributed by atoms with Crippen LogP contribution in [0.25, 0.3) is 11.1 Å². The third-order valence-corrected chi connectivity index (χ3v) is 8.96. The monoisotopic (exact) mass is 577 g/mol. The van der Waals surface area contributed by atoms with Crippen molar-refractivity contribution in [2.45, 2.75) is 24.5 Å². The van der Waals surface area contributed by atoms with Crippen LogP contribution in [-0.4, -0.2) is 95.1 Å². The molecule has 2 aromatic rings. The number of primary amides is 1. The Morgan fingerprint density at radius 3 is 2.14 bits per heavy atom. The van der Waals surface area contributed by atoms with Crippen molar-refractivity contribution in [2.24, 2.45) is 29.4 Å². The van der Waals surface area contributed by atoms with E-state index >= 15 is 0 Å². The van der Waals surface area contributed by atoms with E-state index in [1.54, 1.807) is 25.1 Å². The number of carboxylic acid groups (broad SMARTS) is 1. The number of benzene rings is 2. The van der Waals surface area contributed by atoms with Crippen molar-refractivity contribution in [1.82, 2.24) is 4.90 Å². The number of ketones is 4. The van der Waals surface area contributed by atoms with Gasteiger partial charge in [-0.1, -0.05) is 12.1 Å². The second kappa shape index (κ2) is 9.85. The highest BCUT2D eigenvalue weighted by Crippen LogP contribution is 2.53. The molecule has 2 saturated carbocycles. The molecule has 5 rings (SSSR count). The largest absolute Gasteiger partial charge is 0.507 e. The molecule has 3 aliphatic rings. The second-order valence-electron chi connectivity index (χ2n) is 11.7. The number of aromatic hydroxyl groups is 1. The zero-order valence-corrected chi connectivity index (χ0v) is 23.5. The number of amides is 1. The van der Waals surface area contributed by atoms with Gasteiger partial charge in [0.2, 0.25) is 5.91 Å². The van der Waals surface area contributed by atoms with Crippen molar-refractivity contribution >= 4 is 40.7 Å². The molecular weight excluding hydrogens is 546 g/mol. The predicted molar refractivity (Wildman–Crippen MR) is 148 cm³/mol. The fourth-order valence-electron chi connectivity index (χ4n) is 7.06. The Balaban J connectivity index is 1.67. The first-order valence-corrected chi connectivity index (χ1v) is 13.4. The van der Waals surface area contributed by atoms with E-state index in [0.29, 0.717) is 16.8 Å². The van der Waals surface area contributed by atoms with Crippen LogP contribution in [0.15, 0.2) is 30.3 Å². The maximum Gasteiger partial charge on any atom is 0.335 e. The zero-order valence-electron chi connectivity index (χ0n) is 23.5. The minimum absolute atomic E-state index is 0.0273. The SMILES string of the molecule is CN(C)c1cc(-c2ccc(C(=O)O)cc2)c(O)c2c1C[C@H]1C[C@H]3[C@H](N(C)C)C(=O)C(C(N)=O)C(=O)[C@@]3(O)C(=O)C1C2=O. The van der Waals surface area contributed by atoms with Gasteiger partial charge in [-0.2, -0.15) is 0 Å². The van der Waals surface area contributed by atoms with Crippen LogP contribution in [0, 0.1) is 23.7 Å². The van der Waals surface area contributed by atoms with Gasteiger partial charge in [-0.3, -0.25) is 28.9 Å². The molecule has 0 aliphatic heterocycles. The molecule has 2 fully saturated rings. The average Bonchev–Trinajstić information content (AvgIpc) is 2.90. The average molecular weight is 578 g/mol. The van der Waals surface area contributed by atoms with Gasteiger partial charge in [0.1, 0.15) is 5.75 Å². The number of aliphatic hydroxyl groups is 1. The van der Waals surface area contributed by atoms with E-state index in [-0.39, 0.29) is 29.5 Å². The molecule has 1 amide bonds. The quantitative estimate of drug-likeness (QED) is 0.357. The van der Waals surface area contributed by atoms with E-state index in [2.05, 4.69) is 0 Å². The van der Waals surface area contributed by atoms with Crippen molar-refractivity contribution in [2.75, 3.05) is 33.1 Å². The molecule has 6 atom stereocenters. The summed E-state index contributed by atoms with van der Waals surface area (Å²) in [7, 11) is 6.55. The van der Waals surface area contributed by atoms with Crippen LogP contribution < -0.4 is 10.6 Å². The Labute approximate surface area is 240 Å². The number of aromatic carboxylic acids is 1. The molecular formula is C30H31N3O9. The summed E-state index contributed by atoms with van der Waals surface area (Å²) >= 11 is 0. The molecule has 12 nitrogen and oxygen atoms in total. The first-order valence-electron chi connectivity index (χ1n) is 13.4. The Morgan fingerprint density at radius 1 is 1.00 bits per heavy atom. The highest BCUT2D eigenvalue weighted by atomic mass is 16.4. The van der Waals surface area contributed by atoms with Crippen LogP contribution in [0.5, 0.6) is 5.75 Å². The molecule has 2 aromatic carbocycles. The molecule has 0 spiro atoms. The van der Waals surface area contributed by atoms with E-state index < -0.39 is 76.1 Å². The molecule has 0 heterocycles. The molecule has 12 heteroatoms. The maximum absolute atomic E-state index is 14.1. The normalized spacial score (nSPS) is 28.7. The fraction of sp³-hybridized carbons (Fsp3) is 0.400. The maximum atomic E-state index is 14.1. The molecule has 0 bridgehead atoms. The van der Waals surface area contributed by atoms with Crippen LogP contribution in [0.4, 0.5) is 5.69 Å². The summed E-state index contributed by atoms with van der Waals surface area (Å²) in [5.74, 6) is -12.3. The van der Waals surface area contributed by atoms with Gasteiger partial charge in [0.25, 0.3) is 0 Å². The predicted octanol–water partition coefficient (Wildman–Crippen LogP) is 0.298. The molecule has 3 aliphatic carbocycles. The number of nitrogens with zero attached hydrogens (tertiary/aromatic N) is 2. The number of carbonyl (C=O) groups excluding carboxylic acids is 5. The van der Waals surface area contributed by atoms with E-state index in [0.717, 1.165) is 0 Å². The number of phenols is 1. The number of phenolic OH excluding ortho intramolecular Hbond substituents is 1. The van der Waals surface area contributed by atoms with Gasteiger partial charge in [-0.15, -0.1) is 0 Å². The number of Topliss-reactive ketones (excluding diaryl/α,β-unsaturated/α-hetero) is 4. The zero-order chi connectivity index (χ0) is 31.0. The van der Waals surface area contributed by atoms with Crippen LogP contribution in [0.3, 0.4) is 0 Å². The Morgan fingerprint density at radius 2 is 1.62 bits per heavy atom. The minimum Gasteiger partial charge on any atom is -0.507 e. The highest BCUT2D eigenvalue weighted by molar-refractivity contribution is 6.32. The van der Waals surface area contributed by atoms with Crippen LogP contribution in [0.1, 0.15) is 32.7 Å². The lowest BCUT2D eigenvalue weighted by Gasteiger charge is -2.52. The van der Waals surface area contributed by atoms with Crippen LogP contribution >= 0.6 is 0 Å². The molecule has 5 N–H and O–H groups in total. The number of carbonyl (C=O) groups is 6. The standard InChI is InChI=1S/C30H31N3O9/c1-32(2)18-11-15(12-5-7-13(8-6-12)29(40)41)23(34)20-16(18)9-14-10-17-22(33(3)4)25(36)21(28(31)39)27(38)30(17,42)26(37)19(14)24(20)35/h5-8,11,14,17,19,21-22,34,42H,9-10H2,1-4H3,(H2,31,39)(H,40,41)/t14-,17-,19?,21?,22-,30-/m0/s1. The summed E-state index contributed by atoms with van der Waals surface area (Å²) in [6.45, 7) is 0. The number of likely N-dealkylation sites (N-methyl/N-ethyl adjacent to an activating group) is 1. The number of rotatable bonds is 5. The third kappa shape index (κ3) is 3.97. The summed E-state index contributed by atoms with van der Waals surface area (Å²) in [5.41, 5.74) is 4.15. The van der Waals surface area contributed by atoms with Gasteiger partial charge < -0.3 is 26.0 Å². The third-order valence-electron chi connectivity index (χ3n) is 8.96. The van der Waals surface area contributed by atoms with Crippen LogP contribution in [0.2, 0.25) is 0 Å². The van der Waals surface area contributed by atoms with E-state index in [1.165, 1.54) is 43.3 Å². The number of hydrogen-bond donors (Lipinski definition) is 4. The molecule has 0 aromatic heterocycles. The van der Waals surface area contributed by atoms with Crippen molar-refractivity contribution < 1.29 is 44.1 Å². The number of nitrogens with two attached hydrogens (primary N) is 1. The van der Waals surface area contributed by atoms with Gasteiger partial charge in [0, 0.05) is 31.3 Å². The van der Waals surface area contributed by atoms with Gasteiger partial charge in [-0.05, 0) is 62.2 Å². The highest BCUT2D eigenvalue weighted by Gasteiger charge is 2.69. The lowest BCUT2D eigenvalue weighted by molar-refractivity contribution is -0.181. The fourth-order valence-corrected chi connectivity index (χ4v) is 7.06. The molecule has 42 heavy (non-hydrogen) atoms. The van der Waals surface area contributed by atoms with E-state index in [4.69, 9.17) is 5.73 Å². The first-order chi connectivity index (χ1) is 19.6. The van der Waals surface area contributed by atoms with Gasteiger partial charge in [0.05, 0.1) is 23.1 Å². The topological polar surface area (TPSA) is 196 Å². The Hall–Kier alpha value is -4.42. The van der Waals surface area contributed by atoms with Gasteiger partial charge >= 0.3 is 5.97 Å². The van der Waals surface area contributed by atoms with E-state index in [1.807, 2.05) is 0 Å². The van der Waals surface area contributed by atoms with Crippen molar-refractivity contribution in [3.8, 4) is 16.9 Å². The lowest BCUT2D eigenvalue weighted by atomic mass is 9.52. The Bertz CT molecular complexity index is 1580. The summed E-state index contributed by atoms with van der Waals surface area (Å²) < 4.78 is 0. The summed E-state index contributed by atoms with van der Waals surface area (Å²) in [5, 5.41) is 32.4. The number of anilines is 1. The smallest absolute Gasteiger partial charge is 0.335 e. The van der Waals surface area contributed by atoms with Gasteiger partial charge in [-0.25, -0.2) is 4.79 Å². The summed E-state index contributed by atoms with van der Waals surface area (Å²) in [6, 6.07) is 6.19. The molecule has 2 unspecified atom stereocenters. The lowest BCUT2D eigenvalue weighted by Crippen LogP contribution is -2.74. The van der Waals surface area contributed by atoms with Crippen LogP contribution in [-0.2, 0) is 25.6 Å². The number of fused-ring (bicyclic) bond motifs is 3. The molecule has 0 saturated heterocycles. The van der Waals surface area contributed by atoms with Crippen molar-refractivity contribution in [1.29, 1.82) is 0 Å². The number of hydrogen-bond acceptors (Lipinski definition) is 10. The second-order valence-corrected chi connectivity index (χ2v) is 11.7. The Kier molecular flexibility index (Phi) is 6.82. The van der Waals surface area contributed by atoms with Gasteiger partial charge in [0.15, 0.2) is 34.7 Å². The number of carboxylic acids is 1. The first kappa shape index (κ1) is 29.1. The van der Waals surface area contributed by atoms with Crippen molar-refractivity contribution in [3.05, 3.63) is 47.0 Å². The summed E-state index contributed by atoms with van der Waals surface area (Å²) in [4.78, 5) is 81.5.